The molecule has 1 N–H and O–H groups in total. The number of rotatable bonds is 10. The number of halogens is 5. The standard InChI is InChI=1S/C32H38BrF4N3O3/c1-20-26(25-16-22(33)12-13-27(25)39-30(20)40-15-7-8-23(34)19-40)18-38-17-21(11-14-29(41)43-31(2,3)4)24-9-5-6-10-28(24)42-32(35,36)37/h5-6,9-10,12-13,16,21,23,38H,7-8,11,14-15,17-19H2,1-4H3. The predicted molar refractivity (Wildman–Crippen MR) is 163 cm³/mol. The fourth-order valence-corrected chi connectivity index (χ4v) is 5.86. The summed E-state index contributed by atoms with van der Waals surface area (Å²) < 4.78 is 64.8. The van der Waals surface area contributed by atoms with Crippen LogP contribution in [0, 0.1) is 6.92 Å². The minimum absolute atomic E-state index is 0.0254. The second-order valence-corrected chi connectivity index (χ2v) is 12.8. The Hall–Kier alpha value is -2.92. The normalized spacial score (nSPS) is 16.8. The Bertz CT molecular complexity index is 1430. The molecule has 2 heterocycles. The Labute approximate surface area is 258 Å². The maximum Gasteiger partial charge on any atom is 0.573 e. The molecule has 1 saturated heterocycles. The van der Waals surface area contributed by atoms with Crippen LogP contribution in [0.1, 0.15) is 69.1 Å². The van der Waals surface area contributed by atoms with E-state index in [2.05, 4.69) is 26.0 Å². The lowest BCUT2D eigenvalue weighted by molar-refractivity contribution is -0.275. The number of hydrogen-bond donors (Lipinski definition) is 1. The van der Waals surface area contributed by atoms with Crippen molar-refractivity contribution < 1.29 is 31.8 Å². The van der Waals surface area contributed by atoms with E-state index in [-0.39, 0.29) is 31.7 Å². The van der Waals surface area contributed by atoms with Crippen LogP contribution in [0.3, 0.4) is 0 Å². The van der Waals surface area contributed by atoms with Crippen LogP contribution in [0.15, 0.2) is 46.9 Å². The van der Waals surface area contributed by atoms with Crippen molar-refractivity contribution in [3.8, 4) is 5.75 Å². The number of hydrogen-bond acceptors (Lipinski definition) is 6. The number of piperidine rings is 1. The van der Waals surface area contributed by atoms with E-state index in [0.717, 1.165) is 38.7 Å². The molecule has 2 aromatic carbocycles. The van der Waals surface area contributed by atoms with Crippen molar-refractivity contribution in [2.24, 2.45) is 0 Å². The first kappa shape index (κ1) is 33.0. The average Bonchev–Trinajstić information content (AvgIpc) is 2.90. The number of carbonyl (C=O) groups is 1. The van der Waals surface area contributed by atoms with Gasteiger partial charge in [-0.3, -0.25) is 4.79 Å². The Morgan fingerprint density at radius 3 is 2.63 bits per heavy atom. The quantitative estimate of drug-likeness (QED) is 0.174. The van der Waals surface area contributed by atoms with Gasteiger partial charge in [-0.1, -0.05) is 34.1 Å². The summed E-state index contributed by atoms with van der Waals surface area (Å²) in [5.74, 6) is -0.474. The lowest BCUT2D eigenvalue weighted by Crippen LogP contribution is -2.37. The van der Waals surface area contributed by atoms with Gasteiger partial charge in [0.25, 0.3) is 0 Å². The van der Waals surface area contributed by atoms with Crippen molar-refractivity contribution >= 4 is 38.6 Å². The largest absolute Gasteiger partial charge is 0.573 e. The molecule has 6 nitrogen and oxygen atoms in total. The number of pyridine rings is 1. The van der Waals surface area contributed by atoms with Crippen molar-refractivity contribution in [1.29, 1.82) is 0 Å². The molecule has 11 heteroatoms. The first-order chi connectivity index (χ1) is 20.2. The maximum absolute atomic E-state index is 14.3. The first-order valence-electron chi connectivity index (χ1n) is 14.4. The van der Waals surface area contributed by atoms with Crippen LogP contribution >= 0.6 is 15.9 Å². The molecule has 1 aromatic heterocycles. The van der Waals surface area contributed by atoms with Crippen LogP contribution in [-0.2, 0) is 16.1 Å². The maximum atomic E-state index is 14.3. The highest BCUT2D eigenvalue weighted by Gasteiger charge is 2.33. The van der Waals surface area contributed by atoms with E-state index >= 15 is 0 Å². The van der Waals surface area contributed by atoms with Gasteiger partial charge >= 0.3 is 12.3 Å². The summed E-state index contributed by atoms with van der Waals surface area (Å²) in [6, 6.07) is 11.8. The molecule has 0 spiro atoms. The summed E-state index contributed by atoms with van der Waals surface area (Å²) in [6.07, 6.45) is -4.22. The van der Waals surface area contributed by atoms with E-state index in [1.807, 2.05) is 30.0 Å². The second-order valence-electron chi connectivity index (χ2n) is 11.9. The molecule has 234 valence electrons. The van der Waals surface area contributed by atoms with Crippen molar-refractivity contribution in [3.05, 3.63) is 63.6 Å². The molecule has 1 aliphatic rings. The van der Waals surface area contributed by atoms with Crippen molar-refractivity contribution in [1.82, 2.24) is 10.3 Å². The zero-order valence-electron chi connectivity index (χ0n) is 24.9. The average molecular weight is 669 g/mol. The fraction of sp³-hybridized carbons (Fsp3) is 0.500. The molecule has 2 unspecified atom stereocenters. The number of nitrogens with zero attached hydrogens (tertiary/aromatic N) is 2. The minimum Gasteiger partial charge on any atom is -0.460 e. The van der Waals surface area contributed by atoms with Crippen molar-refractivity contribution in [2.45, 2.75) is 84.0 Å². The zero-order chi connectivity index (χ0) is 31.4. The molecule has 43 heavy (non-hydrogen) atoms. The van der Waals surface area contributed by atoms with Crippen LogP contribution in [0.5, 0.6) is 5.75 Å². The summed E-state index contributed by atoms with van der Waals surface area (Å²) >= 11 is 3.54. The lowest BCUT2D eigenvalue weighted by atomic mass is 9.92. The number of fused-ring (bicyclic) bond motifs is 1. The van der Waals surface area contributed by atoms with Gasteiger partial charge in [0, 0.05) is 41.8 Å². The van der Waals surface area contributed by atoms with Crippen LogP contribution in [-0.4, -0.2) is 48.7 Å². The van der Waals surface area contributed by atoms with Gasteiger partial charge in [-0.2, -0.15) is 0 Å². The first-order valence-corrected chi connectivity index (χ1v) is 15.2. The van der Waals surface area contributed by atoms with Gasteiger partial charge in [0.05, 0.1) is 12.1 Å². The van der Waals surface area contributed by atoms with Crippen LogP contribution in [0.4, 0.5) is 23.4 Å². The molecule has 2 atom stereocenters. The Morgan fingerprint density at radius 2 is 1.93 bits per heavy atom. The van der Waals surface area contributed by atoms with Crippen molar-refractivity contribution in [2.75, 3.05) is 24.5 Å². The zero-order valence-corrected chi connectivity index (χ0v) is 26.4. The fourth-order valence-electron chi connectivity index (χ4n) is 5.49. The van der Waals surface area contributed by atoms with E-state index in [4.69, 9.17) is 9.72 Å². The second kappa shape index (κ2) is 13.8. The van der Waals surface area contributed by atoms with E-state index in [1.54, 1.807) is 32.9 Å². The van der Waals surface area contributed by atoms with Gasteiger partial charge in [-0.05, 0) is 87.9 Å². The number of alkyl halides is 4. The molecule has 0 amide bonds. The number of carbonyl (C=O) groups excluding carboxylic acids is 1. The summed E-state index contributed by atoms with van der Waals surface area (Å²) in [7, 11) is 0. The number of esters is 1. The van der Waals surface area contributed by atoms with Gasteiger partial charge < -0.3 is 19.7 Å². The van der Waals surface area contributed by atoms with E-state index in [9.17, 15) is 22.4 Å². The molecule has 0 aliphatic carbocycles. The Morgan fingerprint density at radius 1 is 1.19 bits per heavy atom. The van der Waals surface area contributed by atoms with E-state index < -0.39 is 30.0 Å². The lowest BCUT2D eigenvalue weighted by Gasteiger charge is -2.32. The number of anilines is 1. The van der Waals surface area contributed by atoms with Crippen molar-refractivity contribution in [3.63, 3.8) is 0 Å². The van der Waals surface area contributed by atoms with Crippen LogP contribution in [0.2, 0.25) is 0 Å². The molecule has 4 rings (SSSR count). The molecular formula is C32H38BrF4N3O3. The number of benzene rings is 2. The van der Waals surface area contributed by atoms with Gasteiger partial charge in [0.15, 0.2) is 0 Å². The van der Waals surface area contributed by atoms with Gasteiger partial charge in [-0.25, -0.2) is 9.37 Å². The van der Waals surface area contributed by atoms with Gasteiger partial charge in [0.2, 0.25) is 0 Å². The predicted octanol–water partition coefficient (Wildman–Crippen LogP) is 8.14. The molecule has 0 saturated carbocycles. The smallest absolute Gasteiger partial charge is 0.460 e. The Kier molecular flexibility index (Phi) is 10.6. The minimum atomic E-state index is -4.86. The summed E-state index contributed by atoms with van der Waals surface area (Å²) in [5, 5.41) is 4.35. The highest BCUT2D eigenvalue weighted by molar-refractivity contribution is 9.10. The van der Waals surface area contributed by atoms with E-state index in [0.29, 0.717) is 25.1 Å². The SMILES string of the molecule is Cc1c(N2CCCC(F)C2)nc2ccc(Br)cc2c1CNCC(CCC(=O)OC(C)(C)C)c1ccccc1OC(F)(F)F. The number of nitrogens with one attached hydrogen (secondary N) is 1. The summed E-state index contributed by atoms with van der Waals surface area (Å²) in [5.41, 5.74) is 2.32. The molecular weight excluding hydrogens is 630 g/mol. The molecule has 0 bridgehead atoms. The third kappa shape index (κ3) is 9.28. The number of aromatic nitrogens is 1. The van der Waals surface area contributed by atoms with Crippen LogP contribution < -0.4 is 15.0 Å². The molecule has 1 aliphatic heterocycles. The topological polar surface area (TPSA) is 63.7 Å². The summed E-state index contributed by atoms with van der Waals surface area (Å²) in [4.78, 5) is 19.4. The summed E-state index contributed by atoms with van der Waals surface area (Å²) in [6.45, 7) is 8.91. The number of para-hydroxylation sites is 1. The monoisotopic (exact) mass is 667 g/mol. The molecule has 1 fully saturated rings. The van der Waals surface area contributed by atoms with Gasteiger partial charge in [-0.15, -0.1) is 13.2 Å². The van der Waals surface area contributed by atoms with Gasteiger partial charge in [0.1, 0.15) is 23.3 Å². The Balaban J connectivity index is 1.62. The van der Waals surface area contributed by atoms with E-state index in [1.165, 1.54) is 12.1 Å². The third-order valence-electron chi connectivity index (χ3n) is 7.36. The molecule has 3 aromatic rings. The number of ether oxygens (including phenoxy) is 2. The van der Waals surface area contributed by atoms with Crippen LogP contribution in [0.25, 0.3) is 10.9 Å². The highest BCUT2D eigenvalue weighted by Crippen LogP contribution is 2.35. The third-order valence-corrected chi connectivity index (χ3v) is 7.85. The molecule has 0 radical (unpaired) electrons. The highest BCUT2D eigenvalue weighted by atomic mass is 79.9.